The van der Waals surface area contributed by atoms with Gasteiger partial charge in [-0.3, -0.25) is 4.84 Å². The predicted octanol–water partition coefficient (Wildman–Crippen LogP) is 0.353. The maximum atomic E-state index is 9.91. The van der Waals surface area contributed by atoms with Gasteiger partial charge in [0.25, 0.3) is 0 Å². The van der Waals surface area contributed by atoms with E-state index in [-0.39, 0.29) is 5.34 Å². The van der Waals surface area contributed by atoms with E-state index in [9.17, 15) is 5.21 Å². The summed E-state index contributed by atoms with van der Waals surface area (Å²) in [4.78, 5) is 4.07. The molecule has 0 aromatic heterocycles. The zero-order valence-corrected chi connectivity index (χ0v) is 4.29. The van der Waals surface area contributed by atoms with Crippen LogP contribution in [0, 0.1) is 5.21 Å². The molecule has 0 N–H and O–H groups in total. The van der Waals surface area contributed by atoms with Gasteiger partial charge in [-0.05, 0) is 6.92 Å². The van der Waals surface area contributed by atoms with E-state index in [1.54, 1.807) is 6.92 Å². The van der Waals surface area contributed by atoms with Crippen LogP contribution in [0.1, 0.15) is 6.92 Å². The van der Waals surface area contributed by atoms with Crippen molar-refractivity contribution in [3.63, 3.8) is 0 Å². The lowest BCUT2D eigenvalue weighted by atomic mass is 10.9. The third kappa shape index (κ3) is 3.21. The van der Waals surface area contributed by atoms with Crippen molar-refractivity contribution in [2.24, 2.45) is 5.10 Å². The average molecular weight is 103 g/mol. The lowest BCUT2D eigenvalue weighted by molar-refractivity contribution is -0.0857. The molecule has 0 fully saturated rings. The van der Waals surface area contributed by atoms with Crippen LogP contribution in [0.25, 0.3) is 0 Å². The fourth-order valence-corrected chi connectivity index (χ4v) is 0.141. The normalized spacial score (nSPS) is 10.1. The van der Waals surface area contributed by atoms with Crippen molar-refractivity contribution in [2.75, 3.05) is 7.11 Å². The molecule has 0 saturated carbocycles. The summed E-state index contributed by atoms with van der Waals surface area (Å²) in [5, 5.41) is 13.2. The second-order valence-electron chi connectivity index (χ2n) is 0.794. The molecule has 0 aliphatic heterocycles. The summed E-state index contributed by atoms with van der Waals surface area (Å²) in [7, 11) is 1.25. The van der Waals surface area contributed by atoms with Crippen molar-refractivity contribution in [2.45, 2.75) is 6.92 Å². The zero-order chi connectivity index (χ0) is 5.70. The third-order valence-electron chi connectivity index (χ3n) is 0.366. The minimum absolute atomic E-state index is 0.125. The van der Waals surface area contributed by atoms with Gasteiger partial charge in [-0.2, -0.15) is 5.10 Å². The number of hydrogen-bond donors (Lipinski definition) is 0. The smallest absolute Gasteiger partial charge is 0.0647 e. The molecule has 4 heteroatoms. The molecule has 0 heterocycles. The highest BCUT2D eigenvalue weighted by Crippen LogP contribution is 1.79. The molecule has 0 spiro atoms. The quantitative estimate of drug-likeness (QED) is 0.374. The fourth-order valence-electron chi connectivity index (χ4n) is 0.141. The van der Waals surface area contributed by atoms with E-state index >= 15 is 0 Å². The van der Waals surface area contributed by atoms with Crippen molar-refractivity contribution < 1.29 is 4.84 Å². The highest BCUT2D eigenvalue weighted by molar-refractivity contribution is 5.52. The van der Waals surface area contributed by atoms with Crippen LogP contribution < -0.4 is 0 Å². The van der Waals surface area contributed by atoms with Crippen LogP contribution in [0.15, 0.2) is 5.10 Å². The zero-order valence-electron chi connectivity index (χ0n) is 4.29. The second kappa shape index (κ2) is 3.58. The first kappa shape index (κ1) is 6.39. The lowest BCUT2D eigenvalue weighted by Crippen LogP contribution is -2.04. The SMILES string of the molecule is C/C=N/N([O-])OC. The molecule has 0 saturated heterocycles. The largest absolute Gasteiger partial charge is 0.716 e. The van der Waals surface area contributed by atoms with Crippen LogP contribution in [0.4, 0.5) is 0 Å². The first-order chi connectivity index (χ1) is 3.31. The summed E-state index contributed by atoms with van der Waals surface area (Å²) >= 11 is 0. The molecule has 0 bridgehead atoms. The van der Waals surface area contributed by atoms with Gasteiger partial charge in [0.2, 0.25) is 0 Å². The van der Waals surface area contributed by atoms with E-state index in [1.807, 2.05) is 0 Å². The number of hydrazone groups is 1. The summed E-state index contributed by atoms with van der Waals surface area (Å²) in [5.41, 5.74) is 0. The Kier molecular flexibility index (Phi) is 3.26. The minimum Gasteiger partial charge on any atom is -0.716 e. The minimum atomic E-state index is 0.125. The van der Waals surface area contributed by atoms with Gasteiger partial charge in [-0.25, -0.2) is 5.34 Å². The fraction of sp³-hybridized carbons (Fsp3) is 0.667. The maximum absolute atomic E-state index is 9.91. The molecule has 0 atom stereocenters. The Balaban J connectivity index is 3.16. The van der Waals surface area contributed by atoms with Gasteiger partial charge in [-0.15, -0.1) is 0 Å². The monoisotopic (exact) mass is 103 g/mol. The van der Waals surface area contributed by atoms with Gasteiger partial charge in [-0.1, -0.05) is 0 Å². The Labute approximate surface area is 41.9 Å². The summed E-state index contributed by atoms with van der Waals surface area (Å²) in [6, 6.07) is 0. The highest BCUT2D eigenvalue weighted by atomic mass is 16.9. The molecule has 4 nitrogen and oxygen atoms in total. The van der Waals surface area contributed by atoms with Crippen LogP contribution >= 0.6 is 0 Å². The van der Waals surface area contributed by atoms with Crippen molar-refractivity contribution in [1.82, 2.24) is 5.34 Å². The molecule has 0 amide bonds. The Bertz CT molecular complexity index is 64.0. The van der Waals surface area contributed by atoms with E-state index in [1.165, 1.54) is 13.3 Å². The lowest BCUT2D eigenvalue weighted by Gasteiger charge is -2.18. The number of nitrogens with zero attached hydrogens (tertiary/aromatic N) is 2. The standard InChI is InChI=1S/C3H7N2O2/c1-3-4-5(6)7-2/h3H,1-2H3/q-1/b4-3+. The molecule has 0 radical (unpaired) electrons. The Morgan fingerprint density at radius 2 is 2.43 bits per heavy atom. The summed E-state index contributed by atoms with van der Waals surface area (Å²) < 4.78 is 0. The van der Waals surface area contributed by atoms with Gasteiger partial charge in [0.05, 0.1) is 7.11 Å². The Morgan fingerprint density at radius 3 is 2.57 bits per heavy atom. The molecule has 42 valence electrons. The van der Waals surface area contributed by atoms with Crippen LogP contribution in [0.3, 0.4) is 0 Å². The van der Waals surface area contributed by atoms with E-state index < -0.39 is 0 Å². The van der Waals surface area contributed by atoms with E-state index in [0.717, 1.165) is 0 Å². The van der Waals surface area contributed by atoms with E-state index in [2.05, 4.69) is 9.94 Å². The molecule has 0 aromatic carbocycles. The highest BCUT2D eigenvalue weighted by Gasteiger charge is 1.67. The molecule has 0 aliphatic carbocycles. The van der Waals surface area contributed by atoms with Gasteiger partial charge in [0, 0.05) is 6.21 Å². The molecule has 0 aliphatic rings. The predicted molar refractivity (Wildman–Crippen MR) is 26.4 cm³/mol. The van der Waals surface area contributed by atoms with Crippen molar-refractivity contribution >= 4 is 6.21 Å². The molecular weight excluding hydrogens is 96.0 g/mol. The van der Waals surface area contributed by atoms with Crippen LogP contribution in [0.2, 0.25) is 0 Å². The van der Waals surface area contributed by atoms with Gasteiger partial charge < -0.3 is 5.21 Å². The molecule has 0 unspecified atom stereocenters. The van der Waals surface area contributed by atoms with E-state index in [0.29, 0.717) is 0 Å². The third-order valence-corrected chi connectivity index (χ3v) is 0.366. The number of rotatable bonds is 2. The van der Waals surface area contributed by atoms with Crippen LogP contribution in [-0.4, -0.2) is 18.7 Å². The average Bonchev–Trinajstić information content (AvgIpc) is 1.68. The van der Waals surface area contributed by atoms with Crippen molar-refractivity contribution in [3.8, 4) is 0 Å². The van der Waals surface area contributed by atoms with Gasteiger partial charge in [0.15, 0.2) is 0 Å². The van der Waals surface area contributed by atoms with Crippen molar-refractivity contribution in [1.29, 1.82) is 0 Å². The van der Waals surface area contributed by atoms with Crippen LogP contribution in [-0.2, 0) is 4.84 Å². The molecule has 0 rings (SSSR count). The van der Waals surface area contributed by atoms with E-state index in [4.69, 9.17) is 0 Å². The molecule has 7 heavy (non-hydrogen) atoms. The van der Waals surface area contributed by atoms with Crippen LogP contribution in [0.5, 0.6) is 0 Å². The Hall–Kier alpha value is -0.610. The second-order valence-corrected chi connectivity index (χ2v) is 0.794. The summed E-state index contributed by atoms with van der Waals surface area (Å²) in [6.07, 6.45) is 1.34. The summed E-state index contributed by atoms with van der Waals surface area (Å²) in [5.74, 6) is 0. The van der Waals surface area contributed by atoms with Gasteiger partial charge >= 0.3 is 0 Å². The molecular formula is C3H7N2O2-. The maximum Gasteiger partial charge on any atom is 0.0647 e. The first-order valence-corrected chi connectivity index (χ1v) is 1.81. The number of hydrogen-bond acceptors (Lipinski definition) is 4. The topological polar surface area (TPSA) is 47.9 Å². The molecule has 0 aromatic rings. The van der Waals surface area contributed by atoms with Crippen molar-refractivity contribution in [3.05, 3.63) is 5.21 Å². The first-order valence-electron chi connectivity index (χ1n) is 1.81. The Morgan fingerprint density at radius 1 is 1.86 bits per heavy atom. The van der Waals surface area contributed by atoms with Gasteiger partial charge in [0.1, 0.15) is 0 Å². The summed E-state index contributed by atoms with van der Waals surface area (Å²) in [6.45, 7) is 1.63.